The van der Waals surface area contributed by atoms with E-state index in [1.807, 2.05) is 0 Å². The van der Waals surface area contributed by atoms with Gasteiger partial charge in [-0.1, -0.05) is 172 Å². The molecule has 2 heteroatoms. The first-order valence-corrected chi connectivity index (χ1v) is 21.8. The summed E-state index contributed by atoms with van der Waals surface area (Å²) in [4.78, 5) is 5.01. The summed E-state index contributed by atoms with van der Waals surface area (Å²) >= 11 is 0. The molecule has 0 heterocycles. The third-order valence-corrected chi connectivity index (χ3v) is 12.6. The normalized spacial score (nSPS) is 12.5. The second-order valence-electron chi connectivity index (χ2n) is 19.4. The van der Waals surface area contributed by atoms with Gasteiger partial charge in [0.1, 0.15) is 0 Å². The Morgan fingerprint density at radius 3 is 1.27 bits per heavy atom. The third kappa shape index (κ3) is 6.77. The molecule has 0 amide bonds. The molecule has 0 radical (unpaired) electrons. The number of nitrogens with zero attached hydrogens (tertiary/aromatic N) is 2. The van der Waals surface area contributed by atoms with E-state index in [0.29, 0.717) is 11.8 Å². The third-order valence-electron chi connectivity index (χ3n) is 12.6. The number of hydrogen-bond acceptors (Lipinski definition) is 2. The minimum absolute atomic E-state index is 0.0503. The predicted molar refractivity (Wildman–Crippen MR) is 263 cm³/mol. The van der Waals surface area contributed by atoms with E-state index in [9.17, 15) is 0 Å². The highest BCUT2D eigenvalue weighted by atomic mass is 15.2. The molecule has 300 valence electrons. The first kappa shape index (κ1) is 39.3. The maximum atomic E-state index is 2.53. The number of rotatable bonds is 8. The Bertz CT molecular complexity index is 2970. The lowest BCUT2D eigenvalue weighted by Crippen LogP contribution is -2.15. The molecule has 0 unspecified atom stereocenters. The lowest BCUT2D eigenvalue weighted by molar-refractivity contribution is 0.590. The van der Waals surface area contributed by atoms with Crippen LogP contribution in [0.3, 0.4) is 0 Å². The van der Waals surface area contributed by atoms with Crippen molar-refractivity contribution in [2.45, 2.75) is 91.9 Å². The molecule has 9 aromatic carbocycles. The Hall–Kier alpha value is -6.12. The zero-order chi connectivity index (χ0) is 42.1. The van der Waals surface area contributed by atoms with Crippen LogP contribution >= 0.6 is 0 Å². The molecule has 0 aliphatic heterocycles. The highest BCUT2D eigenvalue weighted by Gasteiger charge is 2.27. The van der Waals surface area contributed by atoms with Crippen LogP contribution in [-0.2, 0) is 10.8 Å². The van der Waals surface area contributed by atoms with E-state index in [-0.39, 0.29) is 10.8 Å². The number of hydrogen-bond donors (Lipinski definition) is 0. The van der Waals surface area contributed by atoms with Gasteiger partial charge in [-0.15, -0.1) is 0 Å². The average Bonchev–Trinajstić information content (AvgIpc) is 3.23. The van der Waals surface area contributed by atoms with Crippen molar-refractivity contribution in [1.82, 2.24) is 0 Å². The van der Waals surface area contributed by atoms with Gasteiger partial charge >= 0.3 is 0 Å². The largest absolute Gasteiger partial charge is 0.310 e. The van der Waals surface area contributed by atoms with Crippen molar-refractivity contribution in [3.63, 3.8) is 0 Å². The van der Waals surface area contributed by atoms with Crippen LogP contribution in [0, 0.1) is 0 Å². The molecule has 0 N–H and O–H groups in total. The van der Waals surface area contributed by atoms with Crippen LogP contribution in [0.4, 0.5) is 34.1 Å². The van der Waals surface area contributed by atoms with E-state index >= 15 is 0 Å². The van der Waals surface area contributed by atoms with E-state index < -0.39 is 0 Å². The van der Waals surface area contributed by atoms with Gasteiger partial charge in [-0.2, -0.15) is 0 Å². The summed E-state index contributed by atoms with van der Waals surface area (Å²) in [5.41, 5.74) is 12.5. The Labute approximate surface area is 357 Å². The van der Waals surface area contributed by atoms with E-state index in [2.05, 4.69) is 237 Å². The van der Waals surface area contributed by atoms with Crippen molar-refractivity contribution in [2.24, 2.45) is 0 Å². The van der Waals surface area contributed by atoms with Gasteiger partial charge in [0, 0.05) is 33.2 Å². The van der Waals surface area contributed by atoms with Crippen molar-refractivity contribution < 1.29 is 0 Å². The van der Waals surface area contributed by atoms with Crippen LogP contribution in [0.5, 0.6) is 0 Å². The first-order valence-electron chi connectivity index (χ1n) is 21.8. The van der Waals surface area contributed by atoms with Crippen molar-refractivity contribution in [2.75, 3.05) is 9.80 Å². The highest BCUT2D eigenvalue weighted by Crippen LogP contribution is 2.51. The minimum atomic E-state index is 0.0503. The molecule has 0 saturated heterocycles. The van der Waals surface area contributed by atoms with Crippen LogP contribution in [0.2, 0.25) is 0 Å². The number of benzene rings is 9. The zero-order valence-electron chi connectivity index (χ0n) is 37.1. The average molecular weight is 783 g/mol. The van der Waals surface area contributed by atoms with Crippen molar-refractivity contribution in [1.29, 1.82) is 0 Å². The SMILES string of the molecule is CC(C)c1cc(N(c2ccccc2)c2ccc(C(C)(C)C)cc2)c2ccc3c(C(C)C)cc(N(c4ccc(C(C)(C)C)cc4)c4cccc5ccccc45)c4ccc1c2c34. The topological polar surface area (TPSA) is 6.48 Å². The van der Waals surface area contributed by atoms with E-state index in [4.69, 9.17) is 0 Å². The van der Waals surface area contributed by atoms with Crippen molar-refractivity contribution in [3.8, 4) is 0 Å². The Balaban J connectivity index is 1.40. The van der Waals surface area contributed by atoms with Gasteiger partial charge in [0.25, 0.3) is 0 Å². The second-order valence-corrected chi connectivity index (χ2v) is 19.4. The lowest BCUT2D eigenvalue weighted by atomic mass is 9.83. The van der Waals surface area contributed by atoms with Crippen LogP contribution < -0.4 is 9.80 Å². The van der Waals surface area contributed by atoms with Crippen molar-refractivity contribution in [3.05, 3.63) is 180 Å². The fourth-order valence-electron chi connectivity index (χ4n) is 9.37. The van der Waals surface area contributed by atoms with Gasteiger partial charge in [0.15, 0.2) is 0 Å². The molecule has 0 bridgehead atoms. The summed E-state index contributed by atoms with van der Waals surface area (Å²) < 4.78 is 0. The Kier molecular flexibility index (Phi) is 9.74. The first-order chi connectivity index (χ1) is 28.7. The van der Waals surface area contributed by atoms with Gasteiger partial charge in [0.05, 0.1) is 17.1 Å². The van der Waals surface area contributed by atoms with Gasteiger partial charge in [-0.25, -0.2) is 0 Å². The smallest absolute Gasteiger partial charge is 0.0543 e. The fraction of sp³-hybridized carbons (Fsp3) is 0.241. The molecule has 60 heavy (non-hydrogen) atoms. The van der Waals surface area contributed by atoms with Gasteiger partial charge in [0.2, 0.25) is 0 Å². The molecule has 2 nitrogen and oxygen atoms in total. The predicted octanol–water partition coefficient (Wildman–Crippen LogP) is 17.5. The van der Waals surface area contributed by atoms with E-state index in [0.717, 1.165) is 17.1 Å². The molecule has 9 aromatic rings. The number of anilines is 6. The minimum Gasteiger partial charge on any atom is -0.310 e. The molecule has 0 aromatic heterocycles. The highest BCUT2D eigenvalue weighted by molar-refractivity contribution is 6.29. The Morgan fingerprint density at radius 1 is 0.350 bits per heavy atom. The van der Waals surface area contributed by atoms with Gasteiger partial charge in [-0.3, -0.25) is 0 Å². The Morgan fingerprint density at radius 2 is 0.767 bits per heavy atom. The van der Waals surface area contributed by atoms with E-state index in [1.54, 1.807) is 0 Å². The van der Waals surface area contributed by atoms with Crippen LogP contribution in [0.25, 0.3) is 43.1 Å². The molecule has 9 rings (SSSR count). The fourth-order valence-corrected chi connectivity index (χ4v) is 9.37. The lowest BCUT2D eigenvalue weighted by Gasteiger charge is -2.32. The van der Waals surface area contributed by atoms with Crippen LogP contribution in [0.15, 0.2) is 158 Å². The summed E-state index contributed by atoms with van der Waals surface area (Å²) in [6.07, 6.45) is 0. The second kappa shape index (κ2) is 14.9. The molecular weight excluding hydrogens is 725 g/mol. The number of para-hydroxylation sites is 1. The molecule has 0 spiro atoms. The summed E-state index contributed by atoms with van der Waals surface area (Å²) in [6.45, 7) is 23.1. The van der Waals surface area contributed by atoms with E-state index in [1.165, 1.54) is 82.4 Å². The molecule has 0 aliphatic rings. The molecule has 0 fully saturated rings. The molecule has 0 saturated carbocycles. The van der Waals surface area contributed by atoms with Gasteiger partial charge < -0.3 is 9.80 Å². The van der Waals surface area contributed by atoms with Crippen LogP contribution in [0.1, 0.15) is 103 Å². The van der Waals surface area contributed by atoms with Crippen LogP contribution in [-0.4, -0.2) is 0 Å². The monoisotopic (exact) mass is 782 g/mol. The number of fused-ring (bicyclic) bond motifs is 1. The summed E-state index contributed by atoms with van der Waals surface area (Å²) in [6, 6.07) is 59.6. The van der Waals surface area contributed by atoms with Crippen molar-refractivity contribution >= 4 is 77.2 Å². The zero-order valence-corrected chi connectivity index (χ0v) is 37.1. The standard InChI is InChI=1S/C58H58N2/c1-37(2)50-35-53(59(42-19-12-11-13-20-42)43-27-23-40(24-28-43)57(5,6)7)48-33-31-47-51(38(3)4)36-54(49-34-32-46(50)55(48)56(47)49)60(44-29-25-41(26-30-44)58(8,9)10)52-22-16-18-39-17-14-15-21-45(39)52/h11-38H,1-10H3. The molecule has 0 aliphatic carbocycles. The summed E-state index contributed by atoms with van der Waals surface area (Å²) in [5.74, 6) is 0.615. The summed E-state index contributed by atoms with van der Waals surface area (Å²) in [7, 11) is 0. The van der Waals surface area contributed by atoms with Gasteiger partial charge in [-0.05, 0) is 126 Å². The molecule has 0 atom stereocenters. The molecular formula is C58H58N2. The maximum Gasteiger partial charge on any atom is 0.0543 e. The maximum absolute atomic E-state index is 2.53. The quantitative estimate of drug-likeness (QED) is 0.142. The summed E-state index contributed by atoms with van der Waals surface area (Å²) in [5, 5.41) is 10.3.